The van der Waals surface area contributed by atoms with Gasteiger partial charge in [0.25, 0.3) is 6.43 Å². The molecule has 0 spiro atoms. The second-order valence-electron chi connectivity index (χ2n) is 2.81. The molecule has 1 aromatic heterocycles. The summed E-state index contributed by atoms with van der Waals surface area (Å²) in [6.07, 6.45) is -8.52. The Hall–Kier alpha value is -0.980. The Morgan fingerprint density at radius 3 is 2.25 bits per heavy atom. The third kappa shape index (κ3) is 2.58. The minimum atomic E-state index is -5.13. The third-order valence-corrected chi connectivity index (χ3v) is 2.01. The minimum absolute atomic E-state index is 0.378. The summed E-state index contributed by atoms with van der Waals surface area (Å²) < 4.78 is 74.2. The van der Waals surface area contributed by atoms with Crippen LogP contribution in [0.2, 0.25) is 0 Å². The van der Waals surface area contributed by atoms with E-state index in [0.29, 0.717) is 6.07 Å². The first-order valence-electron chi connectivity index (χ1n) is 3.88. The van der Waals surface area contributed by atoms with E-state index < -0.39 is 41.3 Å². The normalized spacial score (nSPS) is 12.2. The Balaban J connectivity index is 3.42. The highest BCUT2D eigenvalue weighted by Gasteiger charge is 2.38. The molecule has 0 N–H and O–H groups in total. The quantitative estimate of drug-likeness (QED) is 0.448. The van der Waals surface area contributed by atoms with Gasteiger partial charge < -0.3 is 0 Å². The Labute approximate surface area is 91.0 Å². The molecular weight excluding hydrogens is 260 g/mol. The van der Waals surface area contributed by atoms with Crippen molar-refractivity contribution in [2.45, 2.75) is 18.5 Å². The largest absolute Gasteiger partial charge is 0.433 e. The summed E-state index contributed by atoms with van der Waals surface area (Å²) in [5.41, 5.74) is -3.79. The summed E-state index contributed by atoms with van der Waals surface area (Å²) in [6.45, 7) is 0. The fourth-order valence-corrected chi connectivity index (χ4v) is 1.22. The van der Waals surface area contributed by atoms with E-state index in [2.05, 4.69) is 4.98 Å². The first-order chi connectivity index (χ1) is 7.27. The summed E-state index contributed by atoms with van der Waals surface area (Å²) in [5.74, 6) is -2.02. The Bertz CT molecular complexity index is 389. The van der Waals surface area contributed by atoms with E-state index >= 15 is 0 Å². The van der Waals surface area contributed by atoms with Crippen LogP contribution in [0.15, 0.2) is 6.07 Å². The van der Waals surface area contributed by atoms with Gasteiger partial charge in [0.2, 0.25) is 5.95 Å². The van der Waals surface area contributed by atoms with Crippen LogP contribution < -0.4 is 0 Å². The molecule has 0 atom stereocenters. The molecule has 0 bridgehead atoms. The van der Waals surface area contributed by atoms with Crippen molar-refractivity contribution in [3.8, 4) is 0 Å². The fourth-order valence-electron chi connectivity index (χ4n) is 1.04. The molecule has 1 heterocycles. The van der Waals surface area contributed by atoms with Crippen LogP contribution in [-0.2, 0) is 12.1 Å². The SMILES string of the molecule is Fc1nc(C(F)(F)F)c(C(F)F)cc1CCl. The molecule has 0 radical (unpaired) electrons. The lowest BCUT2D eigenvalue weighted by Crippen LogP contribution is -2.14. The van der Waals surface area contributed by atoms with Crippen LogP contribution in [0.3, 0.4) is 0 Å². The van der Waals surface area contributed by atoms with E-state index in [-0.39, 0.29) is 0 Å². The molecule has 8 heteroatoms. The molecule has 1 rings (SSSR count). The van der Waals surface area contributed by atoms with Crippen LogP contribution in [0.5, 0.6) is 0 Å². The van der Waals surface area contributed by atoms with Gasteiger partial charge in [-0.05, 0) is 6.07 Å². The molecule has 0 aliphatic rings. The number of nitrogens with zero attached hydrogens (tertiary/aromatic N) is 1. The minimum Gasteiger partial charge on any atom is -0.214 e. The summed E-state index contributed by atoms with van der Waals surface area (Å²) in [7, 11) is 0. The fraction of sp³-hybridized carbons (Fsp3) is 0.375. The van der Waals surface area contributed by atoms with Crippen molar-refractivity contribution in [2.24, 2.45) is 0 Å². The molecule has 0 aliphatic carbocycles. The van der Waals surface area contributed by atoms with E-state index in [4.69, 9.17) is 11.6 Å². The Morgan fingerprint density at radius 2 is 1.88 bits per heavy atom. The van der Waals surface area contributed by atoms with Gasteiger partial charge in [0, 0.05) is 11.1 Å². The molecule has 0 aromatic carbocycles. The first-order valence-corrected chi connectivity index (χ1v) is 4.41. The number of alkyl halides is 6. The van der Waals surface area contributed by atoms with E-state index in [0.717, 1.165) is 0 Å². The van der Waals surface area contributed by atoms with Crippen LogP contribution in [0, 0.1) is 5.95 Å². The van der Waals surface area contributed by atoms with Gasteiger partial charge in [0.05, 0.1) is 5.88 Å². The van der Waals surface area contributed by atoms with Crippen molar-refractivity contribution in [3.05, 3.63) is 28.8 Å². The van der Waals surface area contributed by atoms with Crippen LogP contribution >= 0.6 is 11.6 Å². The molecule has 0 saturated heterocycles. The van der Waals surface area contributed by atoms with Gasteiger partial charge >= 0.3 is 6.18 Å². The van der Waals surface area contributed by atoms with Crippen molar-refractivity contribution >= 4 is 11.6 Å². The number of hydrogen-bond acceptors (Lipinski definition) is 1. The molecule has 0 amide bonds. The smallest absolute Gasteiger partial charge is 0.214 e. The predicted octanol–water partition coefficient (Wildman–Crippen LogP) is 3.92. The maximum absolute atomic E-state index is 12.9. The average molecular weight is 264 g/mol. The molecule has 1 nitrogen and oxygen atoms in total. The van der Waals surface area contributed by atoms with Gasteiger partial charge in [0.1, 0.15) is 0 Å². The number of hydrogen-bond donors (Lipinski definition) is 0. The lowest BCUT2D eigenvalue weighted by molar-refractivity contribution is -0.143. The third-order valence-electron chi connectivity index (χ3n) is 1.73. The van der Waals surface area contributed by atoms with Crippen LogP contribution in [0.4, 0.5) is 26.3 Å². The maximum atomic E-state index is 12.9. The molecule has 0 aliphatic heterocycles. The van der Waals surface area contributed by atoms with Crippen LogP contribution in [-0.4, -0.2) is 4.98 Å². The molecule has 1 aromatic rings. The van der Waals surface area contributed by atoms with Crippen molar-refractivity contribution in [2.75, 3.05) is 0 Å². The highest BCUT2D eigenvalue weighted by atomic mass is 35.5. The van der Waals surface area contributed by atoms with Crippen LogP contribution in [0.1, 0.15) is 23.2 Å². The summed E-state index contributed by atoms with van der Waals surface area (Å²) in [4.78, 5) is 2.48. The summed E-state index contributed by atoms with van der Waals surface area (Å²) >= 11 is 5.17. The summed E-state index contributed by atoms with van der Waals surface area (Å²) in [5, 5.41) is 0. The second-order valence-corrected chi connectivity index (χ2v) is 3.08. The number of pyridine rings is 1. The molecule has 0 fully saturated rings. The van der Waals surface area contributed by atoms with E-state index in [1.807, 2.05) is 0 Å². The average Bonchev–Trinajstić information content (AvgIpc) is 2.15. The molecule has 16 heavy (non-hydrogen) atoms. The van der Waals surface area contributed by atoms with Crippen molar-refractivity contribution in [1.29, 1.82) is 0 Å². The van der Waals surface area contributed by atoms with Crippen molar-refractivity contribution < 1.29 is 26.3 Å². The number of aromatic nitrogens is 1. The Morgan fingerprint density at radius 1 is 1.31 bits per heavy atom. The zero-order valence-electron chi connectivity index (χ0n) is 7.45. The van der Waals surface area contributed by atoms with Gasteiger partial charge in [-0.15, -0.1) is 11.6 Å². The standard InChI is InChI=1S/C8H4ClF6N/c9-2-3-1-4(6(10)11)5(8(13,14)15)16-7(3)12/h1,6H,2H2. The van der Waals surface area contributed by atoms with Gasteiger partial charge in [-0.3, -0.25) is 0 Å². The molecule has 0 saturated carbocycles. The zero-order valence-corrected chi connectivity index (χ0v) is 8.21. The van der Waals surface area contributed by atoms with E-state index in [9.17, 15) is 26.3 Å². The topological polar surface area (TPSA) is 12.9 Å². The van der Waals surface area contributed by atoms with Gasteiger partial charge in [-0.2, -0.15) is 17.6 Å². The van der Waals surface area contributed by atoms with Gasteiger partial charge in [-0.25, -0.2) is 13.8 Å². The predicted molar refractivity (Wildman–Crippen MR) is 43.7 cm³/mol. The molecule has 0 unspecified atom stereocenters. The second kappa shape index (κ2) is 4.48. The summed E-state index contributed by atoms with van der Waals surface area (Å²) in [6, 6.07) is 0.378. The Kier molecular flexibility index (Phi) is 3.67. The first kappa shape index (κ1) is 13.1. The van der Waals surface area contributed by atoms with Gasteiger partial charge in [0.15, 0.2) is 5.69 Å². The number of rotatable bonds is 2. The maximum Gasteiger partial charge on any atom is 0.433 e. The van der Waals surface area contributed by atoms with E-state index in [1.54, 1.807) is 0 Å². The molecule has 90 valence electrons. The number of halogens is 7. The lowest BCUT2D eigenvalue weighted by atomic mass is 10.1. The monoisotopic (exact) mass is 263 g/mol. The zero-order chi connectivity index (χ0) is 12.5. The lowest BCUT2D eigenvalue weighted by Gasteiger charge is -2.12. The van der Waals surface area contributed by atoms with E-state index in [1.165, 1.54) is 0 Å². The highest BCUT2D eigenvalue weighted by molar-refractivity contribution is 6.17. The highest BCUT2D eigenvalue weighted by Crippen LogP contribution is 2.35. The van der Waals surface area contributed by atoms with Crippen molar-refractivity contribution in [1.82, 2.24) is 4.98 Å². The van der Waals surface area contributed by atoms with Crippen molar-refractivity contribution in [3.63, 3.8) is 0 Å². The molecular formula is C8H4ClF6N. The van der Waals surface area contributed by atoms with Crippen LogP contribution in [0.25, 0.3) is 0 Å². The van der Waals surface area contributed by atoms with Gasteiger partial charge in [-0.1, -0.05) is 0 Å².